The number of benzene rings is 1. The van der Waals surface area contributed by atoms with Crippen LogP contribution < -0.4 is 10.6 Å². The second-order valence-corrected chi connectivity index (χ2v) is 5.36. The second kappa shape index (κ2) is 11.3. The number of halogens is 2. The third-order valence-electron chi connectivity index (χ3n) is 3.23. The Kier molecular flexibility index (Phi) is 9.70. The lowest BCUT2D eigenvalue weighted by Crippen LogP contribution is -2.39. The molecule has 0 fully saturated rings. The number of nitrogens with zero attached hydrogens (tertiary/aromatic N) is 3. The van der Waals surface area contributed by atoms with Crippen molar-refractivity contribution in [3.8, 4) is 0 Å². The van der Waals surface area contributed by atoms with E-state index in [4.69, 9.17) is 11.6 Å². The van der Waals surface area contributed by atoms with E-state index in [1.54, 1.807) is 13.2 Å². The maximum atomic E-state index is 5.98. The van der Waals surface area contributed by atoms with E-state index in [0.29, 0.717) is 0 Å². The number of hydrogen-bond acceptors (Lipinski definition) is 2. The zero-order valence-electron chi connectivity index (χ0n) is 13.2. The summed E-state index contributed by atoms with van der Waals surface area (Å²) in [7, 11) is 1.78. The summed E-state index contributed by atoms with van der Waals surface area (Å²) >= 11 is 5.98. The molecule has 1 aromatic carbocycles. The summed E-state index contributed by atoms with van der Waals surface area (Å²) in [5.74, 6) is 0.822. The van der Waals surface area contributed by atoms with Crippen LogP contribution in [0.5, 0.6) is 0 Å². The van der Waals surface area contributed by atoms with Gasteiger partial charge in [0.25, 0.3) is 0 Å². The van der Waals surface area contributed by atoms with Crippen molar-refractivity contribution >= 4 is 41.5 Å². The number of rotatable bonds is 7. The molecule has 0 unspecified atom stereocenters. The molecule has 0 aliphatic heterocycles. The van der Waals surface area contributed by atoms with E-state index in [0.717, 1.165) is 43.5 Å². The molecule has 23 heavy (non-hydrogen) atoms. The van der Waals surface area contributed by atoms with Gasteiger partial charge in [-0.1, -0.05) is 23.7 Å². The lowest BCUT2D eigenvalue weighted by molar-refractivity contribution is 0.570. The number of guanidine groups is 1. The molecule has 2 rings (SSSR count). The predicted octanol–water partition coefficient (Wildman–Crippen LogP) is 2.95. The van der Waals surface area contributed by atoms with Gasteiger partial charge in [0.05, 0.1) is 0 Å². The average molecular weight is 448 g/mol. The van der Waals surface area contributed by atoms with Crippen LogP contribution in [0.3, 0.4) is 0 Å². The van der Waals surface area contributed by atoms with Crippen LogP contribution in [0.15, 0.2) is 47.7 Å². The maximum Gasteiger partial charge on any atom is 0.190 e. The van der Waals surface area contributed by atoms with Crippen molar-refractivity contribution in [2.24, 2.45) is 4.99 Å². The molecule has 2 N–H and O–H groups in total. The molecule has 2 aromatic rings. The highest BCUT2D eigenvalue weighted by Gasteiger charge is 1.99. The van der Waals surface area contributed by atoms with Crippen LogP contribution in [0.1, 0.15) is 12.0 Å². The van der Waals surface area contributed by atoms with Crippen LogP contribution in [0.2, 0.25) is 5.02 Å². The summed E-state index contributed by atoms with van der Waals surface area (Å²) in [6.45, 7) is 2.58. The lowest BCUT2D eigenvalue weighted by Gasteiger charge is -2.12. The summed E-state index contributed by atoms with van der Waals surface area (Å²) < 4.78 is 1.93. The number of aryl methyl sites for hydroxylation is 1. The highest BCUT2D eigenvalue weighted by atomic mass is 127. The molecule has 0 atom stereocenters. The van der Waals surface area contributed by atoms with Crippen LogP contribution in [0.25, 0.3) is 0 Å². The summed E-state index contributed by atoms with van der Waals surface area (Å²) in [6, 6.07) is 9.86. The van der Waals surface area contributed by atoms with E-state index < -0.39 is 0 Å². The van der Waals surface area contributed by atoms with Crippen LogP contribution in [0, 0.1) is 0 Å². The second-order valence-electron chi connectivity index (χ2n) is 4.93. The van der Waals surface area contributed by atoms with Crippen molar-refractivity contribution in [2.45, 2.75) is 19.4 Å². The van der Waals surface area contributed by atoms with Gasteiger partial charge < -0.3 is 10.6 Å². The Hall–Kier alpha value is -1.28. The summed E-state index contributed by atoms with van der Waals surface area (Å²) in [6.07, 6.45) is 5.67. The molecule has 0 aliphatic carbocycles. The Labute approximate surface area is 159 Å². The van der Waals surface area contributed by atoms with Crippen molar-refractivity contribution in [2.75, 3.05) is 20.1 Å². The van der Waals surface area contributed by atoms with Crippen LogP contribution in [-0.4, -0.2) is 35.9 Å². The first-order valence-electron chi connectivity index (χ1n) is 7.44. The van der Waals surface area contributed by atoms with Gasteiger partial charge in [-0.15, -0.1) is 24.0 Å². The maximum absolute atomic E-state index is 5.98. The van der Waals surface area contributed by atoms with Gasteiger partial charge in [0.15, 0.2) is 5.96 Å². The first-order chi connectivity index (χ1) is 10.8. The highest BCUT2D eigenvalue weighted by molar-refractivity contribution is 14.0. The molecule has 0 saturated heterocycles. The zero-order valence-corrected chi connectivity index (χ0v) is 16.3. The smallest absolute Gasteiger partial charge is 0.190 e. The molecule has 1 aromatic heterocycles. The van der Waals surface area contributed by atoms with Gasteiger partial charge in [0, 0.05) is 44.1 Å². The molecule has 1 heterocycles. The molecular formula is C16H23ClIN5. The summed E-state index contributed by atoms with van der Waals surface area (Å²) in [4.78, 5) is 4.22. The Bertz CT molecular complexity index is 586. The fourth-order valence-electron chi connectivity index (χ4n) is 2.12. The first-order valence-corrected chi connectivity index (χ1v) is 7.82. The van der Waals surface area contributed by atoms with Crippen LogP contribution in [0.4, 0.5) is 0 Å². The Balaban J connectivity index is 0.00000264. The molecule has 0 radical (unpaired) electrons. The first kappa shape index (κ1) is 19.8. The summed E-state index contributed by atoms with van der Waals surface area (Å²) in [5, 5.41) is 11.6. The van der Waals surface area contributed by atoms with Gasteiger partial charge >= 0.3 is 0 Å². The van der Waals surface area contributed by atoms with E-state index in [1.807, 2.05) is 35.1 Å². The molecule has 5 nitrogen and oxygen atoms in total. The standard InChI is InChI=1S/C16H22ClN5.HI/c1-18-16(19-8-3-11-22-12-4-9-21-22)20-10-7-14-5-2-6-15(17)13-14;/h2,4-6,9,12-13H,3,7-8,10-11H2,1H3,(H2,18,19,20);1H. The van der Waals surface area contributed by atoms with E-state index in [9.17, 15) is 0 Å². The fraction of sp³-hybridized carbons (Fsp3) is 0.375. The van der Waals surface area contributed by atoms with Crippen molar-refractivity contribution in [1.82, 2.24) is 20.4 Å². The molecular weight excluding hydrogens is 425 g/mol. The largest absolute Gasteiger partial charge is 0.356 e. The van der Waals surface area contributed by atoms with Gasteiger partial charge in [-0.2, -0.15) is 5.10 Å². The SMILES string of the molecule is CN=C(NCCCn1cccn1)NCCc1cccc(Cl)c1.I. The van der Waals surface area contributed by atoms with Gasteiger partial charge in [-0.25, -0.2) is 0 Å². The molecule has 0 amide bonds. The molecule has 0 spiro atoms. The van der Waals surface area contributed by atoms with Gasteiger partial charge in [0.2, 0.25) is 0 Å². The van der Waals surface area contributed by atoms with Gasteiger partial charge in [0.1, 0.15) is 0 Å². The van der Waals surface area contributed by atoms with E-state index >= 15 is 0 Å². The van der Waals surface area contributed by atoms with Crippen LogP contribution in [-0.2, 0) is 13.0 Å². The molecule has 126 valence electrons. The quantitative estimate of drug-likeness (QED) is 0.297. The van der Waals surface area contributed by atoms with E-state index in [1.165, 1.54) is 5.56 Å². The molecule has 0 aliphatic rings. The van der Waals surface area contributed by atoms with Crippen LogP contribution >= 0.6 is 35.6 Å². The van der Waals surface area contributed by atoms with Crippen molar-refractivity contribution in [1.29, 1.82) is 0 Å². The molecule has 0 bridgehead atoms. The minimum Gasteiger partial charge on any atom is -0.356 e. The topological polar surface area (TPSA) is 54.2 Å². The average Bonchev–Trinajstić information content (AvgIpc) is 3.03. The number of nitrogens with one attached hydrogen (secondary N) is 2. The Morgan fingerprint density at radius 1 is 1.26 bits per heavy atom. The monoisotopic (exact) mass is 447 g/mol. The Morgan fingerprint density at radius 3 is 2.78 bits per heavy atom. The molecule has 0 saturated carbocycles. The van der Waals surface area contributed by atoms with E-state index in [-0.39, 0.29) is 24.0 Å². The van der Waals surface area contributed by atoms with Gasteiger partial charge in [-0.3, -0.25) is 9.67 Å². The number of hydrogen-bond donors (Lipinski definition) is 2. The van der Waals surface area contributed by atoms with Crippen molar-refractivity contribution in [3.05, 3.63) is 53.3 Å². The third kappa shape index (κ3) is 7.69. The predicted molar refractivity (Wildman–Crippen MR) is 107 cm³/mol. The lowest BCUT2D eigenvalue weighted by atomic mass is 10.1. The van der Waals surface area contributed by atoms with Crippen molar-refractivity contribution in [3.63, 3.8) is 0 Å². The minimum atomic E-state index is 0. The number of aliphatic imine (C=N–C) groups is 1. The third-order valence-corrected chi connectivity index (χ3v) is 3.47. The highest BCUT2D eigenvalue weighted by Crippen LogP contribution is 2.10. The number of aromatic nitrogens is 2. The minimum absolute atomic E-state index is 0. The normalized spacial score (nSPS) is 11.0. The van der Waals surface area contributed by atoms with Gasteiger partial charge in [-0.05, 0) is 36.6 Å². The fourth-order valence-corrected chi connectivity index (χ4v) is 2.33. The van der Waals surface area contributed by atoms with Crippen molar-refractivity contribution < 1.29 is 0 Å². The summed E-state index contributed by atoms with van der Waals surface area (Å²) in [5.41, 5.74) is 1.22. The Morgan fingerprint density at radius 2 is 2.09 bits per heavy atom. The van der Waals surface area contributed by atoms with E-state index in [2.05, 4.69) is 26.8 Å². The molecule has 7 heteroatoms. The zero-order chi connectivity index (χ0) is 15.6.